The Hall–Kier alpha value is -1.74. The van der Waals surface area contributed by atoms with Crippen molar-refractivity contribution >= 4 is 17.4 Å². The van der Waals surface area contributed by atoms with Crippen LogP contribution in [0.15, 0.2) is 36.5 Å². The monoisotopic (exact) mass is 276 g/mol. The van der Waals surface area contributed by atoms with Crippen molar-refractivity contribution < 1.29 is 4.74 Å². The van der Waals surface area contributed by atoms with Crippen molar-refractivity contribution in [2.45, 2.75) is 20.5 Å². The molecule has 0 spiro atoms. The molecule has 3 nitrogen and oxygen atoms in total. The van der Waals surface area contributed by atoms with Crippen molar-refractivity contribution in [1.29, 1.82) is 0 Å². The lowest BCUT2D eigenvalue weighted by Gasteiger charge is -2.10. The molecule has 0 atom stereocenters. The van der Waals surface area contributed by atoms with E-state index < -0.39 is 0 Å². The molecule has 0 unspecified atom stereocenters. The summed E-state index contributed by atoms with van der Waals surface area (Å²) in [5, 5.41) is 3.86. The third-order valence-electron chi connectivity index (χ3n) is 2.73. The van der Waals surface area contributed by atoms with Crippen LogP contribution in [-0.2, 0) is 6.61 Å². The van der Waals surface area contributed by atoms with E-state index >= 15 is 0 Å². The second-order valence-corrected chi connectivity index (χ2v) is 4.71. The fourth-order valence-corrected chi connectivity index (χ4v) is 1.89. The number of aryl methyl sites for hydroxylation is 1. The highest BCUT2D eigenvalue weighted by Crippen LogP contribution is 2.23. The summed E-state index contributed by atoms with van der Waals surface area (Å²) in [5.41, 5.74) is 2.15. The number of rotatable bonds is 5. The summed E-state index contributed by atoms with van der Waals surface area (Å²) in [7, 11) is 0. The summed E-state index contributed by atoms with van der Waals surface area (Å²) in [5.74, 6) is 1.68. The number of hydrogen-bond donors (Lipinski definition) is 1. The van der Waals surface area contributed by atoms with Gasteiger partial charge in [-0.2, -0.15) is 0 Å². The van der Waals surface area contributed by atoms with Crippen LogP contribution in [0.25, 0.3) is 0 Å². The molecule has 0 amide bonds. The zero-order valence-electron chi connectivity index (χ0n) is 11.1. The van der Waals surface area contributed by atoms with Crippen LogP contribution in [0.5, 0.6) is 5.75 Å². The Kier molecular flexibility index (Phi) is 4.63. The highest BCUT2D eigenvalue weighted by molar-refractivity contribution is 6.30. The van der Waals surface area contributed by atoms with Gasteiger partial charge in [0.05, 0.1) is 0 Å². The Labute approximate surface area is 118 Å². The van der Waals surface area contributed by atoms with E-state index in [1.54, 1.807) is 6.20 Å². The molecule has 1 N–H and O–H groups in total. The first-order chi connectivity index (χ1) is 9.19. The number of pyridine rings is 1. The maximum absolute atomic E-state index is 5.97. The van der Waals surface area contributed by atoms with Crippen molar-refractivity contribution in [3.05, 3.63) is 52.7 Å². The van der Waals surface area contributed by atoms with Crippen LogP contribution >= 0.6 is 11.6 Å². The SMILES string of the molecule is CCNc1cc(COc2cc(Cl)ccc2C)ccn1. The quantitative estimate of drug-likeness (QED) is 0.894. The van der Waals surface area contributed by atoms with Crippen molar-refractivity contribution in [2.24, 2.45) is 0 Å². The number of nitrogens with zero attached hydrogens (tertiary/aromatic N) is 1. The fourth-order valence-electron chi connectivity index (χ4n) is 1.73. The van der Waals surface area contributed by atoms with Crippen LogP contribution < -0.4 is 10.1 Å². The van der Waals surface area contributed by atoms with Gasteiger partial charge < -0.3 is 10.1 Å². The first-order valence-corrected chi connectivity index (χ1v) is 6.64. The minimum atomic E-state index is 0.502. The Morgan fingerprint density at radius 1 is 1.26 bits per heavy atom. The molecule has 1 aromatic carbocycles. The van der Waals surface area contributed by atoms with Gasteiger partial charge in [-0.3, -0.25) is 0 Å². The normalized spacial score (nSPS) is 10.3. The van der Waals surface area contributed by atoms with E-state index in [-0.39, 0.29) is 0 Å². The number of anilines is 1. The lowest BCUT2D eigenvalue weighted by molar-refractivity contribution is 0.304. The van der Waals surface area contributed by atoms with Gasteiger partial charge in [-0.15, -0.1) is 0 Å². The highest BCUT2D eigenvalue weighted by Gasteiger charge is 2.02. The second-order valence-electron chi connectivity index (χ2n) is 4.28. The van der Waals surface area contributed by atoms with Crippen molar-refractivity contribution in [2.75, 3.05) is 11.9 Å². The summed E-state index contributed by atoms with van der Waals surface area (Å²) in [6.45, 7) is 5.40. The summed E-state index contributed by atoms with van der Waals surface area (Å²) in [6.07, 6.45) is 1.78. The Balaban J connectivity index is 2.05. The second kappa shape index (κ2) is 6.43. The molecule has 0 saturated heterocycles. The van der Waals surface area contributed by atoms with Crippen LogP contribution in [0.2, 0.25) is 5.02 Å². The van der Waals surface area contributed by atoms with Crippen molar-refractivity contribution in [1.82, 2.24) is 4.98 Å². The third kappa shape index (κ3) is 3.86. The lowest BCUT2D eigenvalue weighted by Crippen LogP contribution is -2.02. The minimum Gasteiger partial charge on any atom is -0.489 e. The number of aromatic nitrogens is 1. The smallest absolute Gasteiger partial charge is 0.126 e. The Morgan fingerprint density at radius 2 is 2.11 bits per heavy atom. The minimum absolute atomic E-state index is 0.502. The van der Waals surface area contributed by atoms with E-state index in [4.69, 9.17) is 16.3 Å². The molecule has 0 aliphatic heterocycles. The Morgan fingerprint density at radius 3 is 2.89 bits per heavy atom. The van der Waals surface area contributed by atoms with Gasteiger partial charge in [-0.25, -0.2) is 4.98 Å². The highest BCUT2D eigenvalue weighted by atomic mass is 35.5. The van der Waals surface area contributed by atoms with E-state index in [2.05, 4.69) is 10.3 Å². The molecule has 1 aromatic heterocycles. The van der Waals surface area contributed by atoms with E-state index in [0.717, 1.165) is 29.2 Å². The van der Waals surface area contributed by atoms with Gasteiger partial charge in [-0.1, -0.05) is 17.7 Å². The molecule has 1 heterocycles. The molecule has 0 aliphatic carbocycles. The number of hydrogen-bond acceptors (Lipinski definition) is 3. The van der Waals surface area contributed by atoms with E-state index in [1.165, 1.54) is 0 Å². The first kappa shape index (κ1) is 13.7. The summed E-state index contributed by atoms with van der Waals surface area (Å²) in [4.78, 5) is 4.23. The van der Waals surface area contributed by atoms with Crippen molar-refractivity contribution in [3.8, 4) is 5.75 Å². The maximum Gasteiger partial charge on any atom is 0.126 e. The molecule has 0 bridgehead atoms. The van der Waals surface area contributed by atoms with E-state index in [9.17, 15) is 0 Å². The molecule has 0 saturated carbocycles. The van der Waals surface area contributed by atoms with Crippen LogP contribution in [0.1, 0.15) is 18.1 Å². The molecule has 0 aliphatic rings. The largest absolute Gasteiger partial charge is 0.489 e. The fraction of sp³-hybridized carbons (Fsp3) is 0.267. The van der Waals surface area contributed by atoms with Crippen LogP contribution in [0.4, 0.5) is 5.82 Å². The molecule has 19 heavy (non-hydrogen) atoms. The van der Waals surface area contributed by atoms with Crippen LogP contribution in [0, 0.1) is 6.92 Å². The maximum atomic E-state index is 5.97. The molecule has 2 rings (SSSR count). The van der Waals surface area contributed by atoms with Gasteiger partial charge in [0.2, 0.25) is 0 Å². The van der Waals surface area contributed by atoms with Gasteiger partial charge >= 0.3 is 0 Å². The number of halogens is 1. The van der Waals surface area contributed by atoms with Crippen molar-refractivity contribution in [3.63, 3.8) is 0 Å². The summed E-state index contributed by atoms with van der Waals surface area (Å²) >= 11 is 5.97. The third-order valence-corrected chi connectivity index (χ3v) is 2.96. The molecular weight excluding hydrogens is 260 g/mol. The molecule has 100 valence electrons. The molecule has 4 heteroatoms. The zero-order valence-corrected chi connectivity index (χ0v) is 11.9. The number of ether oxygens (including phenoxy) is 1. The Bertz CT molecular complexity index is 558. The standard InChI is InChI=1S/C15H17ClN2O/c1-3-17-15-8-12(6-7-18-15)10-19-14-9-13(16)5-4-11(14)2/h4-9H,3,10H2,1-2H3,(H,17,18). The molecule has 0 fully saturated rings. The van der Waals surface area contributed by atoms with Gasteiger partial charge in [0.1, 0.15) is 18.2 Å². The van der Waals surface area contributed by atoms with Gasteiger partial charge in [0.25, 0.3) is 0 Å². The van der Waals surface area contributed by atoms with Gasteiger partial charge in [0, 0.05) is 17.8 Å². The predicted octanol–water partition coefficient (Wildman–Crippen LogP) is 4.05. The number of nitrogens with one attached hydrogen (secondary N) is 1. The average Bonchev–Trinajstić information content (AvgIpc) is 2.41. The van der Waals surface area contributed by atoms with Crippen LogP contribution in [-0.4, -0.2) is 11.5 Å². The molecule has 0 radical (unpaired) electrons. The van der Waals surface area contributed by atoms with Crippen LogP contribution in [0.3, 0.4) is 0 Å². The van der Waals surface area contributed by atoms with Gasteiger partial charge in [0.15, 0.2) is 0 Å². The zero-order chi connectivity index (χ0) is 13.7. The predicted molar refractivity (Wildman–Crippen MR) is 78.9 cm³/mol. The number of benzene rings is 1. The summed E-state index contributed by atoms with van der Waals surface area (Å²) in [6, 6.07) is 9.58. The average molecular weight is 277 g/mol. The van der Waals surface area contributed by atoms with E-state index in [0.29, 0.717) is 11.6 Å². The van der Waals surface area contributed by atoms with E-state index in [1.807, 2.05) is 44.2 Å². The summed E-state index contributed by atoms with van der Waals surface area (Å²) < 4.78 is 5.80. The topological polar surface area (TPSA) is 34.1 Å². The lowest BCUT2D eigenvalue weighted by atomic mass is 10.2. The molecule has 2 aromatic rings. The van der Waals surface area contributed by atoms with Gasteiger partial charge in [-0.05, 0) is 49.2 Å². The first-order valence-electron chi connectivity index (χ1n) is 6.27. The molecular formula is C15H17ClN2O.